The Kier molecular flexibility index (Phi) is 5.40. The van der Waals surface area contributed by atoms with Gasteiger partial charge in [0.05, 0.1) is 0 Å². The Morgan fingerprint density at radius 2 is 2.17 bits per heavy atom. The van der Waals surface area contributed by atoms with E-state index in [-0.39, 0.29) is 12.5 Å². The van der Waals surface area contributed by atoms with Crippen molar-refractivity contribution in [3.63, 3.8) is 0 Å². The molecule has 0 radical (unpaired) electrons. The molecule has 0 unspecified atom stereocenters. The number of hydrogen-bond acceptors (Lipinski definition) is 5. The first kappa shape index (κ1) is 16.4. The molecule has 0 saturated heterocycles. The summed E-state index contributed by atoms with van der Waals surface area (Å²) in [5.74, 6) is 0.706. The number of aromatic nitrogens is 1. The fraction of sp³-hybridized carbons (Fsp3) is 0.333. The zero-order chi connectivity index (χ0) is 16.8. The number of nitrogens with one attached hydrogen (secondary N) is 1. The number of pyridine rings is 1. The molecule has 1 amide bonds. The average molecular weight is 327 g/mol. The lowest BCUT2D eigenvalue weighted by atomic mass is 10.1. The monoisotopic (exact) mass is 327 g/mol. The second kappa shape index (κ2) is 7.90. The Hall–Kier alpha value is -2.44. The van der Waals surface area contributed by atoms with Gasteiger partial charge in [0.2, 0.25) is 5.91 Å². The van der Waals surface area contributed by atoms with Gasteiger partial charge in [0.15, 0.2) is 0 Å². The maximum Gasteiger partial charge on any atom is 0.250 e. The van der Waals surface area contributed by atoms with Crippen molar-refractivity contribution in [2.24, 2.45) is 0 Å². The third kappa shape index (κ3) is 4.31. The maximum atomic E-state index is 11.7. The summed E-state index contributed by atoms with van der Waals surface area (Å²) in [5, 5.41) is 2.83. The first-order chi connectivity index (χ1) is 11.7. The summed E-state index contributed by atoms with van der Waals surface area (Å²) < 4.78 is 10.7. The minimum absolute atomic E-state index is 0.0434. The van der Waals surface area contributed by atoms with Crippen LogP contribution in [0.1, 0.15) is 11.1 Å². The number of methoxy groups -OCH3 is 1. The molecule has 0 spiro atoms. The number of amides is 1. The van der Waals surface area contributed by atoms with E-state index in [4.69, 9.17) is 9.47 Å². The van der Waals surface area contributed by atoms with Gasteiger partial charge in [-0.15, -0.1) is 0 Å². The number of benzene rings is 1. The molecule has 3 rings (SSSR count). The largest absolute Gasteiger partial charge is 0.492 e. The summed E-state index contributed by atoms with van der Waals surface area (Å²) in [5.41, 5.74) is 3.04. The maximum absolute atomic E-state index is 11.7. The molecule has 1 N–H and O–H groups in total. The third-order valence-electron chi connectivity index (χ3n) is 3.83. The molecule has 0 saturated carbocycles. The zero-order valence-electron chi connectivity index (χ0n) is 13.7. The molecule has 0 bridgehead atoms. The van der Waals surface area contributed by atoms with Crippen molar-refractivity contribution in [1.82, 2.24) is 9.88 Å². The van der Waals surface area contributed by atoms with E-state index in [9.17, 15) is 4.79 Å². The van der Waals surface area contributed by atoms with Crippen molar-refractivity contribution in [3.8, 4) is 5.75 Å². The van der Waals surface area contributed by atoms with Crippen LogP contribution >= 0.6 is 0 Å². The first-order valence-corrected chi connectivity index (χ1v) is 7.90. The van der Waals surface area contributed by atoms with Gasteiger partial charge in [0.25, 0.3) is 0 Å². The lowest BCUT2D eigenvalue weighted by Crippen LogP contribution is -2.25. The van der Waals surface area contributed by atoms with Crippen LogP contribution < -0.4 is 10.1 Å². The summed E-state index contributed by atoms with van der Waals surface area (Å²) >= 11 is 0. The van der Waals surface area contributed by atoms with Gasteiger partial charge in [0.1, 0.15) is 19.0 Å². The molecule has 1 aliphatic rings. The highest BCUT2D eigenvalue weighted by Crippen LogP contribution is 2.27. The Labute approximate surface area is 141 Å². The van der Waals surface area contributed by atoms with Crippen LogP contribution in [0, 0.1) is 0 Å². The molecule has 1 aromatic carbocycles. The van der Waals surface area contributed by atoms with Crippen molar-refractivity contribution in [1.29, 1.82) is 0 Å². The smallest absolute Gasteiger partial charge is 0.250 e. The lowest BCUT2D eigenvalue weighted by molar-refractivity contribution is -0.119. The van der Waals surface area contributed by atoms with E-state index in [0.717, 1.165) is 36.6 Å². The van der Waals surface area contributed by atoms with Gasteiger partial charge >= 0.3 is 0 Å². The molecule has 0 fully saturated rings. The van der Waals surface area contributed by atoms with Crippen LogP contribution in [0.2, 0.25) is 0 Å². The number of hydrogen-bond donors (Lipinski definition) is 1. The molecule has 0 atom stereocenters. The van der Waals surface area contributed by atoms with Gasteiger partial charge in [-0.1, -0.05) is 0 Å². The predicted molar refractivity (Wildman–Crippen MR) is 90.8 cm³/mol. The predicted octanol–water partition coefficient (Wildman–Crippen LogP) is 2.06. The van der Waals surface area contributed by atoms with Crippen molar-refractivity contribution in [2.45, 2.75) is 13.1 Å². The topological polar surface area (TPSA) is 63.7 Å². The molecule has 24 heavy (non-hydrogen) atoms. The molecule has 1 aliphatic heterocycles. The number of fused-ring (bicyclic) bond motifs is 1. The van der Waals surface area contributed by atoms with Crippen molar-refractivity contribution < 1.29 is 14.3 Å². The number of carbonyl (C=O) groups excluding carboxylic acids is 1. The Balaban J connectivity index is 1.72. The first-order valence-electron chi connectivity index (χ1n) is 7.90. The van der Waals surface area contributed by atoms with E-state index in [2.05, 4.69) is 15.2 Å². The normalized spacial score (nSPS) is 14.4. The average Bonchev–Trinajstić information content (AvgIpc) is 2.77. The van der Waals surface area contributed by atoms with Gasteiger partial charge in [-0.2, -0.15) is 0 Å². The van der Waals surface area contributed by atoms with Gasteiger partial charge in [0, 0.05) is 50.4 Å². The van der Waals surface area contributed by atoms with Crippen LogP contribution in [-0.2, 0) is 22.6 Å². The van der Waals surface area contributed by atoms with Gasteiger partial charge in [-0.05, 0) is 35.9 Å². The van der Waals surface area contributed by atoms with Crippen LogP contribution in [0.15, 0.2) is 42.7 Å². The number of rotatable bonds is 5. The summed E-state index contributed by atoms with van der Waals surface area (Å²) in [7, 11) is 1.50. The van der Waals surface area contributed by atoms with E-state index < -0.39 is 0 Å². The number of anilines is 1. The Morgan fingerprint density at radius 3 is 2.96 bits per heavy atom. The van der Waals surface area contributed by atoms with E-state index in [1.54, 1.807) is 12.4 Å². The second-order valence-electron chi connectivity index (χ2n) is 5.72. The van der Waals surface area contributed by atoms with Crippen molar-refractivity contribution >= 4 is 11.6 Å². The Morgan fingerprint density at radius 1 is 1.33 bits per heavy atom. The van der Waals surface area contributed by atoms with Crippen LogP contribution in [0.4, 0.5) is 5.69 Å². The van der Waals surface area contributed by atoms with E-state index in [0.29, 0.717) is 6.61 Å². The van der Waals surface area contributed by atoms with Crippen LogP contribution in [0.5, 0.6) is 5.75 Å². The van der Waals surface area contributed by atoms with Crippen LogP contribution in [0.3, 0.4) is 0 Å². The quantitative estimate of drug-likeness (QED) is 0.911. The van der Waals surface area contributed by atoms with E-state index in [1.165, 1.54) is 12.7 Å². The number of carbonyl (C=O) groups is 1. The molecule has 2 heterocycles. The second-order valence-corrected chi connectivity index (χ2v) is 5.72. The van der Waals surface area contributed by atoms with Crippen molar-refractivity contribution in [3.05, 3.63) is 53.9 Å². The standard InChI is InChI=1S/C18H21N3O3/c1-23-13-18(22)20-16-2-3-17-15(10-16)12-21(8-9-24-17)11-14-4-6-19-7-5-14/h2-7,10H,8-9,11-13H2,1H3,(H,20,22). The number of nitrogens with zero attached hydrogens (tertiary/aromatic N) is 2. The van der Waals surface area contributed by atoms with Gasteiger partial charge in [-0.25, -0.2) is 0 Å². The highest BCUT2D eigenvalue weighted by atomic mass is 16.5. The van der Waals surface area contributed by atoms with Gasteiger partial charge in [-0.3, -0.25) is 14.7 Å². The summed E-state index contributed by atoms with van der Waals surface area (Å²) in [4.78, 5) is 18.0. The molecular weight excluding hydrogens is 306 g/mol. The highest BCUT2D eigenvalue weighted by molar-refractivity contribution is 5.91. The molecule has 0 aliphatic carbocycles. The number of ether oxygens (including phenoxy) is 2. The van der Waals surface area contributed by atoms with Crippen molar-refractivity contribution in [2.75, 3.05) is 32.2 Å². The highest BCUT2D eigenvalue weighted by Gasteiger charge is 2.16. The lowest BCUT2D eigenvalue weighted by Gasteiger charge is -2.19. The summed E-state index contributed by atoms with van der Waals surface area (Å²) in [6, 6.07) is 9.77. The van der Waals surface area contributed by atoms with Gasteiger partial charge < -0.3 is 14.8 Å². The fourth-order valence-electron chi connectivity index (χ4n) is 2.74. The van der Waals surface area contributed by atoms with Crippen LogP contribution in [0.25, 0.3) is 0 Å². The molecule has 1 aromatic heterocycles. The minimum atomic E-state index is -0.166. The summed E-state index contributed by atoms with van der Waals surface area (Å²) in [6.07, 6.45) is 3.61. The fourth-order valence-corrected chi connectivity index (χ4v) is 2.74. The molecule has 126 valence electrons. The molecule has 2 aromatic rings. The molecule has 6 heteroatoms. The molecular formula is C18H21N3O3. The molecule has 6 nitrogen and oxygen atoms in total. The minimum Gasteiger partial charge on any atom is -0.492 e. The zero-order valence-corrected chi connectivity index (χ0v) is 13.7. The third-order valence-corrected chi connectivity index (χ3v) is 3.83. The van der Waals surface area contributed by atoms with E-state index in [1.807, 2.05) is 30.3 Å². The Bertz CT molecular complexity index is 691. The van der Waals surface area contributed by atoms with E-state index >= 15 is 0 Å². The summed E-state index contributed by atoms with van der Waals surface area (Å²) in [6.45, 7) is 3.15. The SMILES string of the molecule is COCC(=O)Nc1ccc2c(c1)CN(Cc1ccncc1)CCO2. The van der Waals surface area contributed by atoms with Crippen LogP contribution in [-0.4, -0.2) is 42.7 Å².